The van der Waals surface area contributed by atoms with Crippen molar-refractivity contribution < 1.29 is 5.11 Å². The molecule has 0 fully saturated rings. The molecule has 3 N–H and O–H groups in total. The van der Waals surface area contributed by atoms with Crippen LogP contribution in [-0.4, -0.2) is 34.3 Å². The van der Waals surface area contributed by atoms with Gasteiger partial charge in [-0.25, -0.2) is 9.97 Å². The van der Waals surface area contributed by atoms with E-state index < -0.39 is 0 Å². The molecular formula is C11H20N4O. The van der Waals surface area contributed by atoms with E-state index >= 15 is 0 Å². The summed E-state index contributed by atoms with van der Waals surface area (Å²) in [4.78, 5) is 8.41. The maximum Gasteiger partial charge on any atom is 0.222 e. The van der Waals surface area contributed by atoms with Crippen molar-refractivity contribution in [1.29, 1.82) is 0 Å². The van der Waals surface area contributed by atoms with Crippen LogP contribution in [0.4, 0.5) is 5.95 Å². The third-order valence-electron chi connectivity index (χ3n) is 1.96. The van der Waals surface area contributed by atoms with Gasteiger partial charge in [-0.05, 0) is 26.8 Å². The Labute approximate surface area is 96.3 Å². The number of anilines is 1. The van der Waals surface area contributed by atoms with E-state index in [-0.39, 0.29) is 6.61 Å². The molecule has 0 aromatic carbocycles. The molecule has 0 radical (unpaired) electrons. The molecule has 0 bridgehead atoms. The maximum atomic E-state index is 8.61. The SMILES string of the molecule is CC(C)Nc1ncc(CNCCCO)cn1. The summed E-state index contributed by atoms with van der Waals surface area (Å²) in [6.45, 7) is 5.87. The van der Waals surface area contributed by atoms with Gasteiger partial charge in [0, 0.05) is 37.2 Å². The molecule has 1 heterocycles. The number of aliphatic hydroxyl groups is 1. The summed E-state index contributed by atoms with van der Waals surface area (Å²) in [6, 6.07) is 0.341. The van der Waals surface area contributed by atoms with Crippen LogP contribution in [0.15, 0.2) is 12.4 Å². The first-order valence-electron chi connectivity index (χ1n) is 5.61. The fourth-order valence-corrected chi connectivity index (χ4v) is 1.22. The molecule has 90 valence electrons. The van der Waals surface area contributed by atoms with Gasteiger partial charge in [-0.15, -0.1) is 0 Å². The molecule has 0 aliphatic carbocycles. The lowest BCUT2D eigenvalue weighted by molar-refractivity contribution is 0.286. The highest BCUT2D eigenvalue weighted by Crippen LogP contribution is 2.01. The minimum atomic E-state index is 0.223. The number of hydrogen-bond acceptors (Lipinski definition) is 5. The standard InChI is InChI=1S/C11H20N4O/c1-9(2)15-11-13-7-10(8-14-11)6-12-4-3-5-16/h7-9,12,16H,3-6H2,1-2H3,(H,13,14,15). The third-order valence-corrected chi connectivity index (χ3v) is 1.96. The summed E-state index contributed by atoms with van der Waals surface area (Å²) in [5, 5.41) is 14.9. The van der Waals surface area contributed by atoms with Gasteiger partial charge in [-0.2, -0.15) is 0 Å². The molecule has 16 heavy (non-hydrogen) atoms. The van der Waals surface area contributed by atoms with E-state index in [0.717, 1.165) is 25.1 Å². The number of nitrogens with zero attached hydrogens (tertiary/aromatic N) is 2. The molecule has 0 atom stereocenters. The average Bonchev–Trinajstić information content (AvgIpc) is 2.26. The number of aliphatic hydroxyl groups excluding tert-OH is 1. The van der Waals surface area contributed by atoms with Crippen molar-refractivity contribution in [2.45, 2.75) is 32.9 Å². The van der Waals surface area contributed by atoms with Gasteiger partial charge in [0.2, 0.25) is 5.95 Å². The Hall–Kier alpha value is -1.20. The zero-order valence-electron chi connectivity index (χ0n) is 9.90. The van der Waals surface area contributed by atoms with E-state index in [1.165, 1.54) is 0 Å². The van der Waals surface area contributed by atoms with E-state index in [1.54, 1.807) is 0 Å². The summed E-state index contributed by atoms with van der Waals surface area (Å²) in [7, 11) is 0. The summed E-state index contributed by atoms with van der Waals surface area (Å²) < 4.78 is 0. The Balaban J connectivity index is 2.33. The molecule has 0 aliphatic heterocycles. The van der Waals surface area contributed by atoms with Gasteiger partial charge in [0.1, 0.15) is 0 Å². The second-order valence-corrected chi connectivity index (χ2v) is 3.97. The monoisotopic (exact) mass is 224 g/mol. The Kier molecular flexibility index (Phi) is 5.74. The minimum absolute atomic E-state index is 0.223. The molecule has 1 aromatic heterocycles. The molecule has 5 heteroatoms. The first-order valence-corrected chi connectivity index (χ1v) is 5.61. The van der Waals surface area contributed by atoms with Crippen LogP contribution in [0.25, 0.3) is 0 Å². The predicted octanol–water partition coefficient (Wildman–Crippen LogP) is 0.769. The van der Waals surface area contributed by atoms with Crippen LogP contribution < -0.4 is 10.6 Å². The summed E-state index contributed by atoms with van der Waals surface area (Å²) >= 11 is 0. The maximum absolute atomic E-state index is 8.61. The Bertz CT molecular complexity index is 287. The van der Waals surface area contributed by atoms with Crippen molar-refractivity contribution in [3.05, 3.63) is 18.0 Å². The number of rotatable bonds is 7. The topological polar surface area (TPSA) is 70.1 Å². The molecule has 1 rings (SSSR count). The Morgan fingerprint density at radius 1 is 1.31 bits per heavy atom. The molecule has 0 spiro atoms. The van der Waals surface area contributed by atoms with Gasteiger partial charge in [0.05, 0.1) is 0 Å². The molecule has 0 amide bonds. The summed E-state index contributed by atoms with van der Waals surface area (Å²) in [6.07, 6.45) is 4.39. The van der Waals surface area contributed by atoms with Crippen LogP contribution in [0.5, 0.6) is 0 Å². The second-order valence-electron chi connectivity index (χ2n) is 3.97. The molecule has 0 aliphatic rings. The van der Waals surface area contributed by atoms with E-state index in [1.807, 2.05) is 26.2 Å². The summed E-state index contributed by atoms with van der Waals surface area (Å²) in [5.74, 6) is 0.661. The fourth-order valence-electron chi connectivity index (χ4n) is 1.22. The van der Waals surface area contributed by atoms with Gasteiger partial charge < -0.3 is 15.7 Å². The quantitative estimate of drug-likeness (QED) is 0.597. The van der Waals surface area contributed by atoms with E-state index in [2.05, 4.69) is 20.6 Å². The van der Waals surface area contributed by atoms with Crippen LogP contribution in [0.1, 0.15) is 25.8 Å². The fraction of sp³-hybridized carbons (Fsp3) is 0.636. The molecular weight excluding hydrogens is 204 g/mol. The largest absolute Gasteiger partial charge is 0.396 e. The van der Waals surface area contributed by atoms with Gasteiger partial charge in [-0.1, -0.05) is 0 Å². The lowest BCUT2D eigenvalue weighted by atomic mass is 10.3. The van der Waals surface area contributed by atoms with Crippen molar-refractivity contribution in [2.75, 3.05) is 18.5 Å². The predicted molar refractivity (Wildman–Crippen MR) is 64.2 cm³/mol. The van der Waals surface area contributed by atoms with Gasteiger partial charge in [0.15, 0.2) is 0 Å². The van der Waals surface area contributed by atoms with Crippen LogP contribution in [0.3, 0.4) is 0 Å². The molecule has 0 saturated carbocycles. The van der Waals surface area contributed by atoms with Crippen molar-refractivity contribution >= 4 is 5.95 Å². The first-order chi connectivity index (χ1) is 7.72. The van der Waals surface area contributed by atoms with E-state index in [4.69, 9.17) is 5.11 Å². The van der Waals surface area contributed by atoms with Crippen molar-refractivity contribution in [1.82, 2.24) is 15.3 Å². The minimum Gasteiger partial charge on any atom is -0.396 e. The second kappa shape index (κ2) is 7.14. The van der Waals surface area contributed by atoms with Crippen LogP contribution in [0.2, 0.25) is 0 Å². The van der Waals surface area contributed by atoms with Gasteiger partial charge >= 0.3 is 0 Å². The van der Waals surface area contributed by atoms with E-state index in [9.17, 15) is 0 Å². The number of nitrogens with one attached hydrogen (secondary N) is 2. The zero-order valence-corrected chi connectivity index (χ0v) is 9.90. The molecule has 0 unspecified atom stereocenters. The van der Waals surface area contributed by atoms with Crippen molar-refractivity contribution in [2.24, 2.45) is 0 Å². The van der Waals surface area contributed by atoms with Crippen LogP contribution in [-0.2, 0) is 6.54 Å². The number of hydrogen-bond donors (Lipinski definition) is 3. The van der Waals surface area contributed by atoms with Gasteiger partial charge in [-0.3, -0.25) is 0 Å². The highest BCUT2D eigenvalue weighted by atomic mass is 16.3. The van der Waals surface area contributed by atoms with Crippen LogP contribution in [0, 0.1) is 0 Å². The van der Waals surface area contributed by atoms with Crippen LogP contribution >= 0.6 is 0 Å². The summed E-state index contributed by atoms with van der Waals surface area (Å²) in [5.41, 5.74) is 1.05. The van der Waals surface area contributed by atoms with Crippen molar-refractivity contribution in [3.63, 3.8) is 0 Å². The first kappa shape index (κ1) is 12.9. The normalized spacial score (nSPS) is 10.8. The number of aromatic nitrogens is 2. The smallest absolute Gasteiger partial charge is 0.222 e. The highest BCUT2D eigenvalue weighted by Gasteiger charge is 1.98. The molecule has 0 saturated heterocycles. The molecule has 1 aromatic rings. The zero-order chi connectivity index (χ0) is 11.8. The Morgan fingerprint density at radius 2 is 2.00 bits per heavy atom. The van der Waals surface area contributed by atoms with Gasteiger partial charge in [0.25, 0.3) is 0 Å². The lowest BCUT2D eigenvalue weighted by Crippen LogP contribution is -2.17. The Morgan fingerprint density at radius 3 is 2.56 bits per heavy atom. The highest BCUT2D eigenvalue weighted by molar-refractivity contribution is 5.25. The lowest BCUT2D eigenvalue weighted by Gasteiger charge is -2.08. The average molecular weight is 224 g/mol. The van der Waals surface area contributed by atoms with Crippen molar-refractivity contribution in [3.8, 4) is 0 Å². The van der Waals surface area contributed by atoms with E-state index in [0.29, 0.717) is 12.0 Å². The molecule has 5 nitrogen and oxygen atoms in total. The third kappa shape index (κ3) is 5.04.